The number of H-pyrrole nitrogens is 2. The average molecular weight is 533 g/mol. The molecule has 1 amide bonds. The van der Waals surface area contributed by atoms with E-state index in [-0.39, 0.29) is 23.2 Å². The number of nitrogens with zero attached hydrogens (tertiary/aromatic N) is 3. The number of likely N-dealkylation sites (tertiary alicyclic amines) is 1. The molecule has 0 spiro atoms. The standard InChI is InChI=1S/C23H23N5O2.C6H15N.C2H6/c1-13-6-5-11-28(13)23(30)14-7-4-8-15-18(12-14)26-20(19(15)24)21-22(29)27-17-10-3-2-9-16(17)25-21;1-4-6-7(3)5-2;1-2/h2-4,7,9-10,12-13,26H,5-6,8,11,24H2,1H3,(H,27,29);4-6H2,1-3H3;1-2H3. The zero-order chi connectivity index (χ0) is 28.5. The van der Waals surface area contributed by atoms with Crippen LogP contribution in [-0.2, 0) is 11.2 Å². The summed E-state index contributed by atoms with van der Waals surface area (Å²) >= 11 is 0. The molecule has 8 heteroatoms. The number of aromatic nitrogens is 3. The zero-order valence-electron chi connectivity index (χ0n) is 24.3. The van der Waals surface area contributed by atoms with Crippen LogP contribution in [0.5, 0.6) is 0 Å². The van der Waals surface area contributed by atoms with Gasteiger partial charge in [-0.1, -0.05) is 52.0 Å². The highest BCUT2D eigenvalue weighted by atomic mass is 16.2. The molecular weight excluding hydrogens is 488 g/mol. The summed E-state index contributed by atoms with van der Waals surface area (Å²) in [5.74, 6) is 0.0282. The van der Waals surface area contributed by atoms with Crippen LogP contribution >= 0.6 is 0 Å². The third-order valence-electron chi connectivity index (χ3n) is 7.14. The van der Waals surface area contributed by atoms with Crippen LogP contribution in [-0.4, -0.2) is 63.4 Å². The molecule has 3 aromatic rings. The molecule has 1 aliphatic carbocycles. The number of amides is 1. The molecular formula is C31H44N6O2. The van der Waals surface area contributed by atoms with Crippen molar-refractivity contribution in [2.45, 2.75) is 66.3 Å². The van der Waals surface area contributed by atoms with E-state index in [0.29, 0.717) is 34.4 Å². The van der Waals surface area contributed by atoms with E-state index >= 15 is 0 Å². The summed E-state index contributed by atoms with van der Waals surface area (Å²) in [6.45, 7) is 13.7. The van der Waals surface area contributed by atoms with Crippen LogP contribution in [0, 0.1) is 0 Å². The Morgan fingerprint density at radius 2 is 1.95 bits per heavy atom. The van der Waals surface area contributed by atoms with Crippen molar-refractivity contribution in [2.75, 3.05) is 32.4 Å². The Morgan fingerprint density at radius 1 is 1.21 bits per heavy atom. The van der Waals surface area contributed by atoms with E-state index in [1.54, 1.807) is 0 Å². The lowest BCUT2D eigenvalue weighted by molar-refractivity contribution is -0.127. The summed E-state index contributed by atoms with van der Waals surface area (Å²) in [6, 6.07) is 7.62. The fraction of sp³-hybridized carbons (Fsp3) is 0.452. The van der Waals surface area contributed by atoms with Gasteiger partial charge in [0.25, 0.3) is 11.5 Å². The second kappa shape index (κ2) is 13.9. The zero-order valence-corrected chi connectivity index (χ0v) is 24.3. The quantitative estimate of drug-likeness (QED) is 0.408. The summed E-state index contributed by atoms with van der Waals surface area (Å²) in [7, 11) is 2.14. The number of carbonyl (C=O) groups excluding carboxylic acids is 1. The van der Waals surface area contributed by atoms with Gasteiger partial charge in [-0.05, 0) is 71.0 Å². The van der Waals surface area contributed by atoms with Crippen LogP contribution in [0.15, 0.2) is 46.8 Å². The highest BCUT2D eigenvalue weighted by Crippen LogP contribution is 2.33. The van der Waals surface area contributed by atoms with Crippen LogP contribution < -0.4 is 11.3 Å². The van der Waals surface area contributed by atoms with Gasteiger partial charge in [0.2, 0.25) is 0 Å². The predicted octanol–water partition coefficient (Wildman–Crippen LogP) is 5.38. The maximum absolute atomic E-state index is 13.0. The second-order valence-electron chi connectivity index (χ2n) is 9.83. The second-order valence-corrected chi connectivity index (χ2v) is 9.83. The van der Waals surface area contributed by atoms with Crippen molar-refractivity contribution < 1.29 is 4.79 Å². The molecule has 4 N–H and O–H groups in total. The van der Waals surface area contributed by atoms with Crippen LogP contribution in [0.2, 0.25) is 0 Å². The normalized spacial score (nSPS) is 16.1. The Labute approximate surface area is 232 Å². The SMILES string of the molecule is CC.CC1CCCN1C(=O)C1=Cc2[nH]c(-c3nc4ccccc4[nH]c3=O)c(N)c2CC=C1.CCCN(C)CC. The van der Waals surface area contributed by atoms with Crippen LogP contribution in [0.3, 0.4) is 0 Å². The number of rotatable bonds is 5. The highest BCUT2D eigenvalue weighted by Gasteiger charge is 2.28. The first-order chi connectivity index (χ1) is 18.8. The number of anilines is 1. The number of benzene rings is 1. The Balaban J connectivity index is 0.000000409. The van der Waals surface area contributed by atoms with Crippen molar-refractivity contribution in [1.82, 2.24) is 24.8 Å². The molecule has 1 atom stereocenters. The Morgan fingerprint density at radius 3 is 2.59 bits per heavy atom. The van der Waals surface area contributed by atoms with Gasteiger partial charge in [0.05, 0.1) is 22.4 Å². The van der Waals surface area contributed by atoms with Gasteiger partial charge in [0, 0.05) is 29.4 Å². The molecule has 3 heterocycles. The van der Waals surface area contributed by atoms with E-state index in [0.717, 1.165) is 30.6 Å². The number of fused-ring (bicyclic) bond motifs is 2. The van der Waals surface area contributed by atoms with Crippen molar-refractivity contribution >= 4 is 28.7 Å². The van der Waals surface area contributed by atoms with E-state index in [4.69, 9.17) is 5.73 Å². The molecule has 1 aliphatic heterocycles. The fourth-order valence-corrected chi connectivity index (χ4v) is 4.88. The van der Waals surface area contributed by atoms with Gasteiger partial charge in [0.1, 0.15) is 0 Å². The third-order valence-corrected chi connectivity index (χ3v) is 7.14. The third kappa shape index (κ3) is 6.87. The fourth-order valence-electron chi connectivity index (χ4n) is 4.88. The summed E-state index contributed by atoms with van der Waals surface area (Å²) in [5.41, 5.74) is 10.9. The molecule has 0 bridgehead atoms. The minimum Gasteiger partial charge on any atom is -0.397 e. The van der Waals surface area contributed by atoms with Gasteiger partial charge < -0.3 is 25.5 Å². The Kier molecular flexibility index (Phi) is 10.7. The number of nitrogens with two attached hydrogens (primary N) is 1. The minimum atomic E-state index is -0.307. The maximum Gasteiger partial charge on any atom is 0.276 e. The van der Waals surface area contributed by atoms with Gasteiger partial charge >= 0.3 is 0 Å². The maximum atomic E-state index is 13.0. The van der Waals surface area contributed by atoms with Crippen LogP contribution in [0.25, 0.3) is 28.5 Å². The minimum absolute atomic E-state index is 0.0282. The molecule has 1 unspecified atom stereocenters. The number of hydrogen-bond donors (Lipinski definition) is 3. The number of nitrogens with one attached hydrogen (secondary N) is 2. The van der Waals surface area contributed by atoms with E-state index < -0.39 is 0 Å². The number of aromatic amines is 2. The first-order valence-electron chi connectivity index (χ1n) is 14.2. The molecule has 2 aliphatic rings. The van der Waals surface area contributed by atoms with Crippen LogP contribution in [0.4, 0.5) is 5.69 Å². The number of carbonyl (C=O) groups is 1. The number of hydrogen-bond acceptors (Lipinski definition) is 5. The molecule has 0 saturated carbocycles. The van der Waals surface area contributed by atoms with Gasteiger partial charge in [-0.25, -0.2) is 4.98 Å². The van der Waals surface area contributed by atoms with Crippen molar-refractivity contribution in [3.63, 3.8) is 0 Å². The Bertz CT molecular complexity index is 1380. The summed E-state index contributed by atoms with van der Waals surface area (Å²) < 4.78 is 0. The van der Waals surface area contributed by atoms with E-state index in [1.165, 1.54) is 19.5 Å². The Hall–Kier alpha value is -3.65. The molecule has 8 nitrogen and oxygen atoms in total. The first-order valence-corrected chi connectivity index (χ1v) is 14.2. The van der Waals surface area contributed by atoms with E-state index in [1.807, 2.05) is 61.2 Å². The first kappa shape index (κ1) is 29.9. The van der Waals surface area contributed by atoms with Crippen molar-refractivity contribution in [2.24, 2.45) is 0 Å². The van der Waals surface area contributed by atoms with Gasteiger partial charge in [-0.2, -0.15) is 0 Å². The molecule has 5 rings (SSSR count). The van der Waals surface area contributed by atoms with Crippen molar-refractivity contribution in [3.05, 3.63) is 63.6 Å². The lowest BCUT2D eigenvalue weighted by atomic mass is 10.1. The molecule has 1 saturated heterocycles. The van der Waals surface area contributed by atoms with Crippen LogP contribution in [0.1, 0.15) is 65.1 Å². The number of nitrogen functional groups attached to an aromatic ring is 1. The summed E-state index contributed by atoms with van der Waals surface area (Å²) in [6.07, 6.45) is 9.55. The summed E-state index contributed by atoms with van der Waals surface area (Å²) in [4.78, 5) is 40.6. The van der Waals surface area contributed by atoms with E-state index in [2.05, 4.69) is 47.7 Å². The van der Waals surface area contributed by atoms with Gasteiger partial charge in [-0.15, -0.1) is 0 Å². The molecule has 1 fully saturated rings. The lowest BCUT2D eigenvalue weighted by Crippen LogP contribution is -2.34. The largest absolute Gasteiger partial charge is 0.397 e. The monoisotopic (exact) mass is 532 g/mol. The number of allylic oxidation sites excluding steroid dienone is 1. The topological polar surface area (TPSA) is 111 Å². The van der Waals surface area contributed by atoms with Gasteiger partial charge in [-0.3, -0.25) is 9.59 Å². The van der Waals surface area contributed by atoms with Crippen molar-refractivity contribution in [3.8, 4) is 11.4 Å². The average Bonchev–Trinajstić information content (AvgIpc) is 3.43. The highest BCUT2D eigenvalue weighted by molar-refractivity contribution is 6.01. The smallest absolute Gasteiger partial charge is 0.276 e. The number of para-hydroxylation sites is 2. The molecule has 39 heavy (non-hydrogen) atoms. The molecule has 2 aromatic heterocycles. The molecule has 0 radical (unpaired) electrons. The summed E-state index contributed by atoms with van der Waals surface area (Å²) in [5, 5.41) is 0. The lowest BCUT2D eigenvalue weighted by Gasteiger charge is -2.21. The predicted molar refractivity (Wildman–Crippen MR) is 163 cm³/mol. The van der Waals surface area contributed by atoms with Crippen molar-refractivity contribution in [1.29, 1.82) is 0 Å². The van der Waals surface area contributed by atoms with E-state index in [9.17, 15) is 9.59 Å². The van der Waals surface area contributed by atoms with Gasteiger partial charge in [0.15, 0.2) is 5.69 Å². The molecule has 1 aromatic carbocycles. The molecule has 210 valence electrons.